The van der Waals surface area contributed by atoms with Crippen molar-refractivity contribution in [1.82, 2.24) is 13.7 Å². The van der Waals surface area contributed by atoms with Gasteiger partial charge in [-0.2, -0.15) is 0 Å². The van der Waals surface area contributed by atoms with Crippen molar-refractivity contribution in [1.29, 1.82) is 0 Å². The summed E-state index contributed by atoms with van der Waals surface area (Å²) in [6, 6.07) is 17.8. The third-order valence-corrected chi connectivity index (χ3v) is 11.8. The fourth-order valence-corrected chi connectivity index (χ4v) is 9.94. The van der Waals surface area contributed by atoms with Crippen LogP contribution in [-0.4, -0.2) is 48.0 Å². The summed E-state index contributed by atoms with van der Waals surface area (Å²) < 4.78 is 10.5. The third-order valence-electron chi connectivity index (χ3n) is 9.38. The van der Waals surface area contributed by atoms with Crippen LogP contribution in [0.25, 0.3) is 0 Å². The predicted molar refractivity (Wildman–Crippen MR) is 145 cm³/mol. The Hall–Kier alpha value is -1.64. The van der Waals surface area contributed by atoms with Gasteiger partial charge in [-0.05, 0) is 0 Å². The second-order valence-corrected chi connectivity index (χ2v) is 13.4. The number of fused-ring (bicyclic) bond motifs is 2. The zero-order valence-corrected chi connectivity index (χ0v) is 24.8. The van der Waals surface area contributed by atoms with Crippen LogP contribution in [0, 0.1) is 11.8 Å². The Morgan fingerprint density at radius 2 is 1.97 bits per heavy atom. The molecule has 2 fully saturated rings. The van der Waals surface area contributed by atoms with E-state index in [0.717, 1.165) is 68.5 Å². The van der Waals surface area contributed by atoms with Crippen LogP contribution in [0.15, 0.2) is 48.5 Å². The average Bonchev–Trinajstić information content (AvgIpc) is 3.16. The van der Waals surface area contributed by atoms with Crippen molar-refractivity contribution < 1.29 is 31.0 Å². The minimum absolute atomic E-state index is 0.0130. The summed E-state index contributed by atoms with van der Waals surface area (Å²) in [5.41, 5.74) is 3.84. The van der Waals surface area contributed by atoms with Gasteiger partial charge in [0, 0.05) is 0 Å². The van der Waals surface area contributed by atoms with E-state index in [-0.39, 0.29) is 32.8 Å². The van der Waals surface area contributed by atoms with Crippen LogP contribution >= 0.6 is 0 Å². The molecule has 5 rings (SSSR count). The number of piperidine rings is 1. The van der Waals surface area contributed by atoms with E-state index >= 15 is 0 Å². The maximum atomic E-state index is 14.8. The number of ether oxygens (including phenoxy) is 1. The van der Waals surface area contributed by atoms with E-state index in [4.69, 9.17) is 4.74 Å². The van der Waals surface area contributed by atoms with Crippen molar-refractivity contribution in [3.63, 3.8) is 0 Å². The van der Waals surface area contributed by atoms with E-state index in [2.05, 4.69) is 76.1 Å². The normalized spacial score (nSPS) is 28.3. The first-order valence-electron chi connectivity index (χ1n) is 14.2. The number of rotatable bonds is 6. The molecule has 2 N–H and O–H groups in total. The third kappa shape index (κ3) is 5.18. The van der Waals surface area contributed by atoms with E-state index in [1.54, 1.807) is 7.11 Å². The van der Waals surface area contributed by atoms with E-state index in [9.17, 15) is 4.79 Å². The monoisotopic (exact) mass is 616 g/mol. The number of carbonyl (C=O) groups is 1. The van der Waals surface area contributed by atoms with Crippen LogP contribution in [-0.2, 0) is 16.8 Å². The number of alkyl halides is 1. The van der Waals surface area contributed by atoms with Gasteiger partial charge in [0.15, 0.2) is 0 Å². The molecule has 0 aliphatic carbocycles. The summed E-state index contributed by atoms with van der Waals surface area (Å²) in [6.45, 7) is 8.14. The van der Waals surface area contributed by atoms with E-state index in [1.165, 1.54) is 16.7 Å². The summed E-state index contributed by atoms with van der Waals surface area (Å²) in [5.74, 6) is 2.44. The van der Waals surface area contributed by atoms with Gasteiger partial charge in [0.05, 0.1) is 0 Å². The summed E-state index contributed by atoms with van der Waals surface area (Å²) in [5, 5.41) is 3.71. The Labute approximate surface area is 233 Å². The topological polar surface area (TPSA) is 53.6 Å². The van der Waals surface area contributed by atoms with Crippen molar-refractivity contribution >= 4 is 5.91 Å². The number of nitrogens with one attached hydrogen (secondary N) is 2. The first-order chi connectivity index (χ1) is 18.1. The van der Waals surface area contributed by atoms with Gasteiger partial charge in [-0.25, -0.2) is 0 Å². The average molecular weight is 617 g/mol. The SMILES string of the molecule is CCC(CC)[C@@H]1C[C@H](c2ccccc2)CCN1C(=O)[C@@H]1C[I-]NCC[C@]12CNCc1c(OC)cccc12. The van der Waals surface area contributed by atoms with Gasteiger partial charge in [-0.1, -0.05) is 0 Å². The van der Waals surface area contributed by atoms with E-state index in [1.807, 2.05) is 0 Å². The van der Waals surface area contributed by atoms with E-state index < -0.39 is 0 Å². The molecule has 0 saturated carbocycles. The number of benzene rings is 2. The molecule has 2 aromatic carbocycles. The molecule has 2 saturated heterocycles. The molecular formula is C31H43IN3O2-. The first-order valence-corrected chi connectivity index (χ1v) is 16.8. The number of carbonyl (C=O) groups excluding carboxylic acids is 1. The second kappa shape index (κ2) is 12.0. The number of halogens is 1. The van der Waals surface area contributed by atoms with E-state index in [0.29, 0.717) is 23.8 Å². The molecule has 2 aromatic rings. The number of amides is 1. The van der Waals surface area contributed by atoms with Crippen LogP contribution < -0.4 is 35.1 Å². The predicted octanol–water partition coefficient (Wildman–Crippen LogP) is 1.86. The van der Waals surface area contributed by atoms with Gasteiger partial charge in [-0.15, -0.1) is 0 Å². The first kappa shape index (κ1) is 26.9. The van der Waals surface area contributed by atoms with Gasteiger partial charge < -0.3 is 0 Å². The summed E-state index contributed by atoms with van der Waals surface area (Å²) >= 11 is -0.204. The molecule has 3 aliphatic rings. The fraction of sp³-hybridized carbons (Fsp3) is 0.581. The van der Waals surface area contributed by atoms with Crippen molar-refractivity contribution in [2.45, 2.75) is 69.9 Å². The quantitative estimate of drug-likeness (QED) is 0.296. The van der Waals surface area contributed by atoms with Gasteiger partial charge in [0.25, 0.3) is 0 Å². The summed E-state index contributed by atoms with van der Waals surface area (Å²) in [4.78, 5) is 17.1. The Morgan fingerprint density at radius 3 is 2.73 bits per heavy atom. The van der Waals surface area contributed by atoms with Crippen molar-refractivity contribution in [2.75, 3.05) is 31.2 Å². The minimum atomic E-state index is -0.204. The Balaban J connectivity index is 1.50. The Bertz CT molecular complexity index is 1060. The number of hydrogen-bond acceptors (Lipinski definition) is 4. The Morgan fingerprint density at radius 1 is 1.16 bits per heavy atom. The molecule has 3 aliphatic heterocycles. The summed E-state index contributed by atoms with van der Waals surface area (Å²) in [7, 11) is 1.76. The molecule has 1 spiro atoms. The molecule has 1 amide bonds. The second-order valence-electron chi connectivity index (χ2n) is 11.0. The Kier molecular flexibility index (Phi) is 8.77. The molecule has 37 heavy (non-hydrogen) atoms. The molecule has 6 heteroatoms. The van der Waals surface area contributed by atoms with Crippen molar-refractivity contribution in [2.24, 2.45) is 11.8 Å². The number of methoxy groups -OCH3 is 1. The van der Waals surface area contributed by atoms with Crippen LogP contribution in [0.4, 0.5) is 0 Å². The zero-order chi connectivity index (χ0) is 25.8. The molecule has 4 atom stereocenters. The molecule has 202 valence electrons. The van der Waals surface area contributed by atoms with Crippen LogP contribution in [0.1, 0.15) is 68.6 Å². The number of hydrogen-bond donors (Lipinski definition) is 2. The van der Waals surface area contributed by atoms with Gasteiger partial charge in [-0.3, -0.25) is 0 Å². The van der Waals surface area contributed by atoms with Gasteiger partial charge in [0.2, 0.25) is 0 Å². The van der Waals surface area contributed by atoms with Crippen LogP contribution in [0.3, 0.4) is 0 Å². The molecular weight excluding hydrogens is 573 g/mol. The number of nitrogens with zero attached hydrogens (tertiary/aromatic N) is 1. The van der Waals surface area contributed by atoms with Gasteiger partial charge in [0.1, 0.15) is 0 Å². The number of likely N-dealkylation sites (tertiary alicyclic amines) is 1. The van der Waals surface area contributed by atoms with Crippen LogP contribution in [0.5, 0.6) is 5.75 Å². The zero-order valence-electron chi connectivity index (χ0n) is 22.6. The molecule has 5 nitrogen and oxygen atoms in total. The molecule has 0 bridgehead atoms. The fourth-order valence-electron chi connectivity index (χ4n) is 7.32. The molecule has 0 radical (unpaired) electrons. The van der Waals surface area contributed by atoms with Crippen LogP contribution in [0.2, 0.25) is 0 Å². The summed E-state index contributed by atoms with van der Waals surface area (Å²) in [6.07, 6.45) is 5.38. The molecule has 3 heterocycles. The maximum absolute atomic E-state index is 14.8. The molecule has 0 aromatic heterocycles. The van der Waals surface area contributed by atoms with Crippen molar-refractivity contribution in [3.8, 4) is 5.75 Å². The molecule has 0 unspecified atom stereocenters. The van der Waals surface area contributed by atoms with Gasteiger partial charge >= 0.3 is 235 Å². The van der Waals surface area contributed by atoms with Crippen molar-refractivity contribution in [3.05, 3.63) is 65.2 Å². The standard InChI is InChI=1S/C31H43IN3O2/c1-4-22(5-2)28-18-24(23-10-7-6-8-11-23)14-17-35(28)30(36)27-19-32-34-16-15-31(27)21-33-20-25-26(31)12-9-13-29(25)37-3/h6-13,22,24,27-28,33-34H,4-5,14-21H2,1-3H3/q-1/t24-,27+,28+,31-/m1/s1.